The SMILES string of the molecule is O=C(O)CC1C(=O)NCCN1C(=O)C1COCCN1. The maximum Gasteiger partial charge on any atom is 0.305 e. The van der Waals surface area contributed by atoms with E-state index in [-0.39, 0.29) is 18.9 Å². The molecule has 19 heavy (non-hydrogen) atoms. The molecule has 2 heterocycles. The minimum absolute atomic E-state index is 0.247. The van der Waals surface area contributed by atoms with Gasteiger partial charge in [0.15, 0.2) is 0 Å². The van der Waals surface area contributed by atoms with Crippen LogP contribution in [0.3, 0.4) is 0 Å². The quantitative estimate of drug-likeness (QED) is 0.536. The van der Waals surface area contributed by atoms with Gasteiger partial charge in [0.05, 0.1) is 19.6 Å². The minimum Gasteiger partial charge on any atom is -0.481 e. The number of amides is 2. The van der Waals surface area contributed by atoms with E-state index in [4.69, 9.17) is 9.84 Å². The third-order valence-corrected chi connectivity index (χ3v) is 3.20. The van der Waals surface area contributed by atoms with Crippen LogP contribution in [0, 0.1) is 0 Å². The number of carbonyl (C=O) groups is 3. The zero-order valence-corrected chi connectivity index (χ0v) is 10.4. The van der Waals surface area contributed by atoms with Gasteiger partial charge in [0.25, 0.3) is 0 Å². The summed E-state index contributed by atoms with van der Waals surface area (Å²) in [7, 11) is 0. The smallest absolute Gasteiger partial charge is 0.305 e. The number of nitrogens with one attached hydrogen (secondary N) is 2. The predicted molar refractivity (Wildman–Crippen MR) is 63.4 cm³/mol. The number of hydrogen-bond acceptors (Lipinski definition) is 5. The Hall–Kier alpha value is -1.67. The van der Waals surface area contributed by atoms with E-state index in [2.05, 4.69) is 10.6 Å². The average molecular weight is 271 g/mol. The minimum atomic E-state index is -1.10. The highest BCUT2D eigenvalue weighted by Gasteiger charge is 2.37. The molecular weight excluding hydrogens is 254 g/mol. The first kappa shape index (κ1) is 13.8. The lowest BCUT2D eigenvalue weighted by atomic mass is 10.1. The molecule has 8 nitrogen and oxygen atoms in total. The first-order valence-corrected chi connectivity index (χ1v) is 6.20. The second kappa shape index (κ2) is 5.98. The number of aliphatic carboxylic acids is 1. The van der Waals surface area contributed by atoms with Crippen molar-refractivity contribution in [3.63, 3.8) is 0 Å². The van der Waals surface area contributed by atoms with Crippen molar-refractivity contribution in [3.8, 4) is 0 Å². The number of morpholine rings is 1. The van der Waals surface area contributed by atoms with Crippen LogP contribution in [0.4, 0.5) is 0 Å². The summed E-state index contributed by atoms with van der Waals surface area (Å²) in [6.45, 7) is 2.02. The summed E-state index contributed by atoms with van der Waals surface area (Å²) in [6, 6.07) is -1.45. The number of hydrogen-bond donors (Lipinski definition) is 3. The Kier molecular flexibility index (Phi) is 4.33. The van der Waals surface area contributed by atoms with Gasteiger partial charge in [-0.1, -0.05) is 0 Å². The van der Waals surface area contributed by atoms with Gasteiger partial charge < -0.3 is 25.4 Å². The van der Waals surface area contributed by atoms with Gasteiger partial charge >= 0.3 is 5.97 Å². The Morgan fingerprint density at radius 1 is 1.42 bits per heavy atom. The number of piperazine rings is 1. The number of carbonyl (C=O) groups excluding carboxylic acids is 2. The second-order valence-corrected chi connectivity index (χ2v) is 4.52. The van der Waals surface area contributed by atoms with Gasteiger partial charge in [0, 0.05) is 19.6 Å². The summed E-state index contributed by atoms with van der Waals surface area (Å²) in [5.74, 6) is -1.80. The largest absolute Gasteiger partial charge is 0.481 e. The van der Waals surface area contributed by atoms with Gasteiger partial charge in [-0.25, -0.2) is 0 Å². The van der Waals surface area contributed by atoms with Crippen LogP contribution in [-0.2, 0) is 19.1 Å². The van der Waals surface area contributed by atoms with E-state index in [1.807, 2.05) is 0 Å². The fourth-order valence-electron chi connectivity index (χ4n) is 2.27. The lowest BCUT2D eigenvalue weighted by Crippen LogP contribution is -2.62. The molecule has 2 atom stereocenters. The van der Waals surface area contributed by atoms with Crippen LogP contribution in [0.5, 0.6) is 0 Å². The molecule has 0 aromatic rings. The van der Waals surface area contributed by atoms with E-state index < -0.39 is 24.0 Å². The van der Waals surface area contributed by atoms with Gasteiger partial charge in [-0.05, 0) is 0 Å². The summed E-state index contributed by atoms with van der Waals surface area (Å²) >= 11 is 0. The fourth-order valence-corrected chi connectivity index (χ4v) is 2.27. The third kappa shape index (κ3) is 3.21. The van der Waals surface area contributed by atoms with Gasteiger partial charge in [-0.3, -0.25) is 14.4 Å². The van der Waals surface area contributed by atoms with E-state index in [1.54, 1.807) is 0 Å². The summed E-state index contributed by atoms with van der Waals surface area (Å²) < 4.78 is 5.21. The van der Waals surface area contributed by atoms with Crippen LogP contribution in [0.1, 0.15) is 6.42 Å². The molecule has 2 aliphatic heterocycles. The molecule has 0 saturated carbocycles. The maximum absolute atomic E-state index is 12.3. The molecular formula is C11H17N3O5. The van der Waals surface area contributed by atoms with Crippen molar-refractivity contribution in [2.45, 2.75) is 18.5 Å². The van der Waals surface area contributed by atoms with Crippen molar-refractivity contribution in [1.82, 2.24) is 15.5 Å². The van der Waals surface area contributed by atoms with Crippen molar-refractivity contribution >= 4 is 17.8 Å². The Balaban J connectivity index is 2.07. The Morgan fingerprint density at radius 3 is 2.84 bits per heavy atom. The van der Waals surface area contributed by atoms with Crippen molar-refractivity contribution in [2.75, 3.05) is 32.8 Å². The van der Waals surface area contributed by atoms with E-state index >= 15 is 0 Å². The molecule has 2 rings (SSSR count). The fraction of sp³-hybridized carbons (Fsp3) is 0.727. The molecule has 0 bridgehead atoms. The number of carboxylic acid groups (broad SMARTS) is 1. The monoisotopic (exact) mass is 271 g/mol. The normalized spacial score (nSPS) is 27.8. The van der Waals surface area contributed by atoms with Gasteiger partial charge in [0.1, 0.15) is 12.1 Å². The average Bonchev–Trinajstić information content (AvgIpc) is 2.41. The molecule has 8 heteroatoms. The van der Waals surface area contributed by atoms with E-state index in [0.717, 1.165) is 0 Å². The van der Waals surface area contributed by atoms with Crippen LogP contribution in [0.15, 0.2) is 0 Å². The molecule has 0 aromatic carbocycles. The number of ether oxygens (including phenoxy) is 1. The standard InChI is InChI=1S/C11H17N3O5/c15-9(16)5-8-10(17)13-1-3-14(8)11(18)7-6-19-4-2-12-7/h7-8,12H,1-6H2,(H,13,17)(H,15,16). The van der Waals surface area contributed by atoms with Crippen LogP contribution in [-0.4, -0.2) is 72.7 Å². The Labute approximate surface area is 110 Å². The molecule has 2 aliphatic rings. The van der Waals surface area contributed by atoms with Gasteiger partial charge in [-0.15, -0.1) is 0 Å². The lowest BCUT2D eigenvalue weighted by molar-refractivity contribution is -0.151. The second-order valence-electron chi connectivity index (χ2n) is 4.52. The third-order valence-electron chi connectivity index (χ3n) is 3.20. The zero-order valence-electron chi connectivity index (χ0n) is 10.4. The van der Waals surface area contributed by atoms with Crippen LogP contribution in [0.25, 0.3) is 0 Å². The van der Waals surface area contributed by atoms with E-state index in [9.17, 15) is 14.4 Å². The Bertz CT molecular complexity index is 381. The summed E-state index contributed by atoms with van der Waals surface area (Å²) in [4.78, 5) is 36.1. The highest BCUT2D eigenvalue weighted by molar-refractivity contribution is 5.93. The topological polar surface area (TPSA) is 108 Å². The summed E-state index contributed by atoms with van der Waals surface area (Å²) in [5.41, 5.74) is 0. The summed E-state index contributed by atoms with van der Waals surface area (Å²) in [5, 5.41) is 14.4. The number of rotatable bonds is 3. The first-order valence-electron chi connectivity index (χ1n) is 6.20. The lowest BCUT2D eigenvalue weighted by Gasteiger charge is -2.37. The molecule has 2 fully saturated rings. The first-order chi connectivity index (χ1) is 9.09. The van der Waals surface area contributed by atoms with Crippen molar-refractivity contribution in [3.05, 3.63) is 0 Å². The maximum atomic E-state index is 12.3. The summed E-state index contributed by atoms with van der Waals surface area (Å²) in [6.07, 6.45) is -0.384. The van der Waals surface area contributed by atoms with Crippen LogP contribution < -0.4 is 10.6 Å². The molecule has 0 spiro atoms. The molecule has 0 aromatic heterocycles. The van der Waals surface area contributed by atoms with Crippen molar-refractivity contribution in [1.29, 1.82) is 0 Å². The van der Waals surface area contributed by atoms with Gasteiger partial charge in [0.2, 0.25) is 11.8 Å². The molecule has 2 saturated heterocycles. The molecule has 0 aliphatic carbocycles. The molecule has 106 valence electrons. The molecule has 2 unspecified atom stereocenters. The van der Waals surface area contributed by atoms with Crippen molar-refractivity contribution in [2.24, 2.45) is 0 Å². The molecule has 2 amide bonds. The highest BCUT2D eigenvalue weighted by Crippen LogP contribution is 2.12. The van der Waals surface area contributed by atoms with E-state index in [0.29, 0.717) is 26.2 Å². The van der Waals surface area contributed by atoms with Crippen LogP contribution in [0.2, 0.25) is 0 Å². The van der Waals surface area contributed by atoms with Crippen molar-refractivity contribution < 1.29 is 24.2 Å². The van der Waals surface area contributed by atoms with Crippen LogP contribution >= 0.6 is 0 Å². The Morgan fingerprint density at radius 2 is 2.21 bits per heavy atom. The predicted octanol–water partition coefficient (Wildman–Crippen LogP) is -2.22. The molecule has 0 radical (unpaired) electrons. The van der Waals surface area contributed by atoms with Gasteiger partial charge in [-0.2, -0.15) is 0 Å². The van der Waals surface area contributed by atoms with E-state index in [1.165, 1.54) is 4.90 Å². The zero-order chi connectivity index (χ0) is 13.8. The number of carboxylic acids is 1. The highest BCUT2D eigenvalue weighted by atomic mass is 16.5. The number of nitrogens with zero attached hydrogens (tertiary/aromatic N) is 1. The molecule has 3 N–H and O–H groups in total.